The highest BCUT2D eigenvalue weighted by Gasteiger charge is 2.15. The van der Waals surface area contributed by atoms with Crippen molar-refractivity contribution in [2.45, 2.75) is 19.1 Å². The van der Waals surface area contributed by atoms with E-state index in [1.807, 2.05) is 30.3 Å². The van der Waals surface area contributed by atoms with E-state index < -0.39 is 0 Å². The van der Waals surface area contributed by atoms with E-state index in [9.17, 15) is 4.79 Å². The molecular formula is C13H14O3. The van der Waals surface area contributed by atoms with E-state index in [-0.39, 0.29) is 11.9 Å². The highest BCUT2D eigenvalue weighted by Crippen LogP contribution is 2.15. The standard InChI is InChI=1S/C13H14O3/c1-15-12-5-2-10(3-6-12)9-16-13-7-4-11(14)8-13/h2-7,13H,8-9H2,1H3/t13-/m1/s1. The Balaban J connectivity index is 1.85. The van der Waals surface area contributed by atoms with Crippen LogP contribution in [0.1, 0.15) is 12.0 Å². The van der Waals surface area contributed by atoms with Gasteiger partial charge in [0.1, 0.15) is 5.75 Å². The second kappa shape index (κ2) is 4.94. The number of carbonyl (C=O) groups is 1. The lowest BCUT2D eigenvalue weighted by molar-refractivity contribution is -0.115. The van der Waals surface area contributed by atoms with Crippen molar-refractivity contribution in [3.8, 4) is 5.75 Å². The molecule has 0 unspecified atom stereocenters. The zero-order chi connectivity index (χ0) is 11.4. The van der Waals surface area contributed by atoms with E-state index in [1.165, 1.54) is 0 Å². The molecule has 1 aromatic rings. The van der Waals surface area contributed by atoms with Crippen LogP contribution in [-0.4, -0.2) is 19.0 Å². The Morgan fingerprint density at radius 2 is 2.06 bits per heavy atom. The quantitative estimate of drug-likeness (QED) is 0.776. The Hall–Kier alpha value is -1.61. The van der Waals surface area contributed by atoms with Crippen LogP contribution in [0.15, 0.2) is 36.4 Å². The fourth-order valence-electron chi connectivity index (χ4n) is 1.59. The van der Waals surface area contributed by atoms with Crippen LogP contribution in [0.3, 0.4) is 0 Å². The summed E-state index contributed by atoms with van der Waals surface area (Å²) in [5, 5.41) is 0. The molecule has 0 heterocycles. The zero-order valence-corrected chi connectivity index (χ0v) is 9.18. The Morgan fingerprint density at radius 1 is 1.31 bits per heavy atom. The third-order valence-electron chi connectivity index (χ3n) is 2.52. The molecule has 0 bridgehead atoms. The highest BCUT2D eigenvalue weighted by molar-refractivity contribution is 5.92. The molecule has 1 atom stereocenters. The van der Waals surface area contributed by atoms with Crippen molar-refractivity contribution in [3.05, 3.63) is 42.0 Å². The average Bonchev–Trinajstić information content (AvgIpc) is 2.73. The monoisotopic (exact) mass is 218 g/mol. The van der Waals surface area contributed by atoms with E-state index in [0.717, 1.165) is 11.3 Å². The first-order valence-corrected chi connectivity index (χ1v) is 5.23. The Labute approximate surface area is 94.7 Å². The van der Waals surface area contributed by atoms with Gasteiger partial charge in [-0.25, -0.2) is 0 Å². The second-order valence-corrected chi connectivity index (χ2v) is 3.73. The minimum atomic E-state index is -0.0606. The predicted molar refractivity (Wildman–Crippen MR) is 60.3 cm³/mol. The van der Waals surface area contributed by atoms with Crippen LogP contribution in [0.25, 0.3) is 0 Å². The summed E-state index contributed by atoms with van der Waals surface area (Å²) < 4.78 is 10.6. The summed E-state index contributed by atoms with van der Waals surface area (Å²) in [6.07, 6.45) is 3.80. The minimum absolute atomic E-state index is 0.0606. The first-order chi connectivity index (χ1) is 7.78. The minimum Gasteiger partial charge on any atom is -0.497 e. The van der Waals surface area contributed by atoms with Gasteiger partial charge in [-0.3, -0.25) is 4.79 Å². The van der Waals surface area contributed by atoms with Crippen LogP contribution in [-0.2, 0) is 16.1 Å². The lowest BCUT2D eigenvalue weighted by Gasteiger charge is -2.09. The third kappa shape index (κ3) is 2.70. The van der Waals surface area contributed by atoms with Gasteiger partial charge in [-0.1, -0.05) is 18.2 Å². The van der Waals surface area contributed by atoms with Gasteiger partial charge in [-0.05, 0) is 23.8 Å². The number of hydrogen-bond acceptors (Lipinski definition) is 3. The first kappa shape index (κ1) is 10.9. The van der Waals surface area contributed by atoms with Gasteiger partial charge in [0.05, 0.1) is 19.8 Å². The van der Waals surface area contributed by atoms with Crippen LogP contribution in [0.2, 0.25) is 0 Å². The number of benzene rings is 1. The molecule has 0 radical (unpaired) electrons. The van der Waals surface area contributed by atoms with Crippen molar-refractivity contribution >= 4 is 5.78 Å². The van der Waals surface area contributed by atoms with Gasteiger partial charge in [-0.2, -0.15) is 0 Å². The predicted octanol–water partition coefficient (Wildman–Crippen LogP) is 2.11. The van der Waals surface area contributed by atoms with Crippen LogP contribution in [0, 0.1) is 0 Å². The van der Waals surface area contributed by atoms with Gasteiger partial charge in [-0.15, -0.1) is 0 Å². The number of carbonyl (C=O) groups excluding carboxylic acids is 1. The van der Waals surface area contributed by atoms with Crippen molar-refractivity contribution in [1.29, 1.82) is 0 Å². The topological polar surface area (TPSA) is 35.5 Å². The number of hydrogen-bond donors (Lipinski definition) is 0. The molecular weight excluding hydrogens is 204 g/mol. The number of methoxy groups -OCH3 is 1. The third-order valence-corrected chi connectivity index (χ3v) is 2.52. The molecule has 1 aliphatic rings. The van der Waals surface area contributed by atoms with E-state index in [4.69, 9.17) is 9.47 Å². The lowest BCUT2D eigenvalue weighted by Crippen LogP contribution is -2.08. The van der Waals surface area contributed by atoms with E-state index in [2.05, 4.69) is 0 Å². The van der Waals surface area contributed by atoms with Gasteiger partial charge in [0.25, 0.3) is 0 Å². The Bertz CT molecular complexity index is 392. The zero-order valence-electron chi connectivity index (χ0n) is 9.18. The van der Waals surface area contributed by atoms with Crippen LogP contribution in [0.4, 0.5) is 0 Å². The van der Waals surface area contributed by atoms with Gasteiger partial charge < -0.3 is 9.47 Å². The van der Waals surface area contributed by atoms with E-state index >= 15 is 0 Å². The van der Waals surface area contributed by atoms with E-state index in [0.29, 0.717) is 13.0 Å². The van der Waals surface area contributed by atoms with Gasteiger partial charge in [0, 0.05) is 6.42 Å². The summed E-state index contributed by atoms with van der Waals surface area (Å²) in [4.78, 5) is 11.0. The highest BCUT2D eigenvalue weighted by atomic mass is 16.5. The van der Waals surface area contributed by atoms with Crippen LogP contribution in [0.5, 0.6) is 5.75 Å². The molecule has 0 saturated carbocycles. The molecule has 3 nitrogen and oxygen atoms in total. The average molecular weight is 218 g/mol. The van der Waals surface area contributed by atoms with Crippen molar-refractivity contribution in [3.63, 3.8) is 0 Å². The summed E-state index contributed by atoms with van der Waals surface area (Å²) in [5.74, 6) is 0.972. The largest absolute Gasteiger partial charge is 0.497 e. The van der Waals surface area contributed by atoms with Crippen molar-refractivity contribution in [1.82, 2.24) is 0 Å². The van der Waals surface area contributed by atoms with Gasteiger partial charge in [0.15, 0.2) is 5.78 Å². The second-order valence-electron chi connectivity index (χ2n) is 3.73. The van der Waals surface area contributed by atoms with Crippen LogP contribution < -0.4 is 4.74 Å². The molecule has 16 heavy (non-hydrogen) atoms. The van der Waals surface area contributed by atoms with Crippen LogP contribution >= 0.6 is 0 Å². The molecule has 0 saturated heterocycles. The maximum atomic E-state index is 11.0. The number of ether oxygens (including phenoxy) is 2. The Kier molecular flexibility index (Phi) is 3.37. The van der Waals surface area contributed by atoms with Crippen molar-refractivity contribution in [2.75, 3.05) is 7.11 Å². The molecule has 0 spiro atoms. The molecule has 0 aromatic heterocycles. The number of allylic oxidation sites excluding steroid dienone is 1. The smallest absolute Gasteiger partial charge is 0.158 e. The molecule has 0 fully saturated rings. The summed E-state index contributed by atoms with van der Waals surface area (Å²) in [6, 6.07) is 7.71. The SMILES string of the molecule is COc1ccc(CO[C@@H]2C=CC(=O)C2)cc1. The summed E-state index contributed by atoms with van der Waals surface area (Å²) in [5.41, 5.74) is 1.08. The van der Waals surface area contributed by atoms with E-state index in [1.54, 1.807) is 13.2 Å². The maximum Gasteiger partial charge on any atom is 0.158 e. The first-order valence-electron chi connectivity index (χ1n) is 5.23. The normalized spacial score (nSPS) is 19.1. The molecule has 0 N–H and O–H groups in total. The lowest BCUT2D eigenvalue weighted by atomic mass is 10.2. The van der Waals surface area contributed by atoms with Gasteiger partial charge in [0.2, 0.25) is 0 Å². The Morgan fingerprint density at radius 3 is 2.62 bits per heavy atom. The fraction of sp³-hybridized carbons (Fsp3) is 0.308. The summed E-state index contributed by atoms with van der Waals surface area (Å²) in [7, 11) is 1.64. The fourth-order valence-corrected chi connectivity index (χ4v) is 1.59. The number of ketones is 1. The van der Waals surface area contributed by atoms with Crippen molar-refractivity contribution in [2.24, 2.45) is 0 Å². The molecule has 3 heteroatoms. The summed E-state index contributed by atoms with van der Waals surface area (Å²) in [6.45, 7) is 0.520. The summed E-state index contributed by atoms with van der Waals surface area (Å²) >= 11 is 0. The molecule has 0 aliphatic heterocycles. The number of rotatable bonds is 4. The molecule has 2 rings (SSSR count). The van der Waals surface area contributed by atoms with Crippen molar-refractivity contribution < 1.29 is 14.3 Å². The van der Waals surface area contributed by atoms with Gasteiger partial charge >= 0.3 is 0 Å². The molecule has 1 aromatic carbocycles. The maximum absolute atomic E-state index is 11.0. The molecule has 1 aliphatic carbocycles. The molecule has 0 amide bonds. The molecule has 84 valence electrons.